The molecule has 1 aromatic rings. The highest BCUT2D eigenvalue weighted by Crippen LogP contribution is 2.60. The van der Waals surface area contributed by atoms with E-state index in [2.05, 4.69) is 31.9 Å². The van der Waals surface area contributed by atoms with Crippen LogP contribution in [0.2, 0.25) is 0 Å². The third kappa shape index (κ3) is 4.64. The van der Waals surface area contributed by atoms with Crippen molar-refractivity contribution in [1.82, 2.24) is 9.80 Å². The number of hydrogen-bond donors (Lipinski definition) is 3. The Labute approximate surface area is 250 Å². The number of carbonyl (C=O) groups excluding carboxylic acids is 4. The highest BCUT2D eigenvalue weighted by Gasteiger charge is 2.62. The molecule has 3 N–H and O–H groups in total. The van der Waals surface area contributed by atoms with Gasteiger partial charge in [-0.15, -0.1) is 0 Å². The van der Waals surface area contributed by atoms with Gasteiger partial charge in [-0.2, -0.15) is 0 Å². The van der Waals surface area contributed by atoms with Crippen molar-refractivity contribution in [1.29, 1.82) is 0 Å². The number of carboxylic acids is 2. The Kier molecular flexibility index (Phi) is 7.74. The lowest BCUT2D eigenvalue weighted by Gasteiger charge is -2.44. The van der Waals surface area contributed by atoms with Gasteiger partial charge in [0, 0.05) is 23.5 Å². The number of amides is 4. The van der Waals surface area contributed by atoms with Gasteiger partial charge in [0.1, 0.15) is 0 Å². The Morgan fingerprint density at radius 1 is 0.878 bits per heavy atom. The topological polar surface area (TPSA) is 179 Å². The number of methoxy groups -OCH3 is 1. The summed E-state index contributed by atoms with van der Waals surface area (Å²) in [6, 6.07) is 1.56. The van der Waals surface area contributed by atoms with Crippen LogP contribution >= 0.6 is 31.9 Å². The number of carbonyl (C=O) groups is 6. The summed E-state index contributed by atoms with van der Waals surface area (Å²) >= 11 is 6.85. The van der Waals surface area contributed by atoms with Crippen LogP contribution < -0.4 is 4.74 Å². The Bertz CT molecular complexity index is 1420. The summed E-state index contributed by atoms with van der Waals surface area (Å²) in [4.78, 5) is 78.5. The first kappa shape index (κ1) is 29.2. The second kappa shape index (κ2) is 10.9. The van der Waals surface area contributed by atoms with Crippen molar-refractivity contribution in [3.8, 4) is 11.5 Å². The normalized spacial score (nSPS) is 28.8. The summed E-state index contributed by atoms with van der Waals surface area (Å²) in [5.74, 6) is -9.13. The zero-order valence-corrected chi connectivity index (χ0v) is 24.9. The van der Waals surface area contributed by atoms with Crippen molar-refractivity contribution in [3.63, 3.8) is 0 Å². The van der Waals surface area contributed by atoms with Gasteiger partial charge in [-0.05, 0) is 62.2 Å². The fourth-order valence-electron chi connectivity index (χ4n) is 6.92. The molecule has 2 saturated heterocycles. The number of aliphatic carboxylic acids is 2. The van der Waals surface area contributed by atoms with E-state index in [-0.39, 0.29) is 41.9 Å². The molecule has 1 aromatic carbocycles. The van der Waals surface area contributed by atoms with Crippen molar-refractivity contribution in [2.24, 2.45) is 29.6 Å². The van der Waals surface area contributed by atoms with Gasteiger partial charge < -0.3 is 20.1 Å². The summed E-state index contributed by atoms with van der Waals surface area (Å²) in [7, 11) is 1.36. The lowest BCUT2D eigenvalue weighted by atomic mass is 9.57. The average Bonchev–Trinajstić information content (AvgIpc) is 3.32. The van der Waals surface area contributed by atoms with Crippen molar-refractivity contribution in [2.45, 2.75) is 31.6 Å². The highest BCUT2D eigenvalue weighted by molar-refractivity contribution is 9.13. The molecule has 0 radical (unpaired) electrons. The summed E-state index contributed by atoms with van der Waals surface area (Å²) in [6.07, 6.45) is 1.30. The second-order valence-electron chi connectivity index (χ2n) is 10.6. The molecule has 218 valence electrons. The van der Waals surface area contributed by atoms with Crippen LogP contribution in [0.25, 0.3) is 0 Å². The fourth-order valence-corrected chi connectivity index (χ4v) is 7.89. The quantitative estimate of drug-likeness (QED) is 0.270. The molecular weight excluding hydrogens is 672 g/mol. The van der Waals surface area contributed by atoms with Gasteiger partial charge in [0.25, 0.3) is 0 Å². The van der Waals surface area contributed by atoms with Crippen LogP contribution in [-0.2, 0) is 28.8 Å². The smallest absolute Gasteiger partial charge is 0.305 e. The van der Waals surface area contributed by atoms with E-state index in [0.29, 0.717) is 15.6 Å². The number of phenols is 1. The summed E-state index contributed by atoms with van der Waals surface area (Å²) in [5.41, 5.74) is 1.20. The van der Waals surface area contributed by atoms with Crippen LogP contribution in [0.3, 0.4) is 0 Å². The maximum atomic E-state index is 13.8. The van der Waals surface area contributed by atoms with Crippen LogP contribution in [0.1, 0.15) is 37.2 Å². The number of aromatic hydroxyl groups is 1. The predicted octanol–water partition coefficient (Wildman–Crippen LogP) is 2.51. The SMILES string of the molecule is COc1cc([C@H]2C3=CC[C@@H]4C(=O)N(CCC(=O)O)C(=O)[C@@H]4[C@@H]3C[C@H]3C(=O)N(CCC(=O)O)C(=O)[C@@H]23)c(Br)c(Br)c1O. The molecule has 0 bridgehead atoms. The number of rotatable bonds is 8. The first-order valence-corrected chi connectivity index (χ1v) is 14.6. The molecule has 0 unspecified atom stereocenters. The van der Waals surface area contributed by atoms with E-state index in [0.717, 1.165) is 9.80 Å². The van der Waals surface area contributed by atoms with Crippen LogP contribution in [0.5, 0.6) is 11.5 Å². The van der Waals surface area contributed by atoms with Crippen LogP contribution in [-0.4, -0.2) is 80.9 Å². The molecule has 6 atom stereocenters. The summed E-state index contributed by atoms with van der Waals surface area (Å²) in [6.45, 7) is -0.557. The van der Waals surface area contributed by atoms with Crippen molar-refractivity contribution < 1.29 is 48.8 Å². The number of allylic oxidation sites excluding steroid dienone is 2. The first-order valence-electron chi connectivity index (χ1n) is 13.0. The fraction of sp³-hybridized carbons (Fsp3) is 0.481. The van der Waals surface area contributed by atoms with Gasteiger partial charge in [-0.1, -0.05) is 11.6 Å². The van der Waals surface area contributed by atoms with Crippen molar-refractivity contribution in [3.05, 3.63) is 32.2 Å². The van der Waals surface area contributed by atoms with E-state index in [1.807, 2.05) is 6.08 Å². The van der Waals surface area contributed by atoms with Gasteiger partial charge in [0.2, 0.25) is 23.6 Å². The molecule has 5 rings (SSSR count). The maximum Gasteiger partial charge on any atom is 0.305 e. The predicted molar refractivity (Wildman–Crippen MR) is 146 cm³/mol. The minimum Gasteiger partial charge on any atom is -0.503 e. The number of carboxylic acid groups (broad SMARTS) is 2. The first-order chi connectivity index (χ1) is 19.4. The molecule has 2 aliphatic carbocycles. The molecule has 14 heteroatoms. The molecule has 0 spiro atoms. The molecule has 41 heavy (non-hydrogen) atoms. The zero-order valence-electron chi connectivity index (χ0n) is 21.7. The number of nitrogens with zero attached hydrogens (tertiary/aromatic N) is 2. The average molecular weight is 698 g/mol. The van der Waals surface area contributed by atoms with Gasteiger partial charge in [0.15, 0.2) is 11.5 Å². The highest BCUT2D eigenvalue weighted by atomic mass is 79.9. The summed E-state index contributed by atoms with van der Waals surface area (Å²) < 4.78 is 6.02. The third-order valence-electron chi connectivity index (χ3n) is 8.66. The Balaban J connectivity index is 1.63. The number of imide groups is 2. The molecule has 2 heterocycles. The van der Waals surface area contributed by atoms with Crippen LogP contribution in [0.15, 0.2) is 26.7 Å². The maximum absolute atomic E-state index is 13.8. The number of halogens is 2. The molecule has 1 saturated carbocycles. The van der Waals surface area contributed by atoms with E-state index in [9.17, 15) is 39.0 Å². The van der Waals surface area contributed by atoms with Gasteiger partial charge in [-0.25, -0.2) is 0 Å². The van der Waals surface area contributed by atoms with E-state index in [1.165, 1.54) is 7.11 Å². The zero-order chi connectivity index (χ0) is 29.9. The number of ether oxygens (including phenoxy) is 1. The second-order valence-corrected chi connectivity index (χ2v) is 12.2. The number of likely N-dealkylation sites (tertiary alicyclic amines) is 2. The van der Waals surface area contributed by atoms with E-state index in [1.54, 1.807) is 6.07 Å². The Morgan fingerprint density at radius 2 is 1.44 bits per heavy atom. The van der Waals surface area contributed by atoms with Crippen LogP contribution in [0.4, 0.5) is 0 Å². The van der Waals surface area contributed by atoms with Gasteiger partial charge in [-0.3, -0.25) is 38.6 Å². The van der Waals surface area contributed by atoms with Crippen LogP contribution in [0, 0.1) is 29.6 Å². The van der Waals surface area contributed by atoms with Gasteiger partial charge in [0.05, 0.1) is 48.1 Å². The Morgan fingerprint density at radius 3 is 2.00 bits per heavy atom. The molecule has 3 fully saturated rings. The minimum atomic E-state index is -1.16. The van der Waals surface area contributed by atoms with E-state index >= 15 is 0 Å². The van der Waals surface area contributed by atoms with Crippen molar-refractivity contribution >= 4 is 67.4 Å². The summed E-state index contributed by atoms with van der Waals surface area (Å²) in [5, 5.41) is 28.9. The largest absolute Gasteiger partial charge is 0.503 e. The monoisotopic (exact) mass is 696 g/mol. The van der Waals surface area contributed by atoms with Gasteiger partial charge >= 0.3 is 11.9 Å². The molecule has 4 aliphatic rings. The van der Waals surface area contributed by atoms with Crippen molar-refractivity contribution in [2.75, 3.05) is 20.2 Å². The molecule has 2 aliphatic heterocycles. The Hall–Kier alpha value is -3.26. The lowest BCUT2D eigenvalue weighted by Crippen LogP contribution is -2.43. The number of fused-ring (bicyclic) bond motifs is 4. The molecule has 0 aromatic heterocycles. The van der Waals surface area contributed by atoms with E-state index < -0.39 is 83.9 Å². The number of benzene rings is 1. The third-order valence-corrected chi connectivity index (χ3v) is 10.8. The number of phenolic OH excluding ortho intramolecular Hbond substituents is 1. The standard InChI is InChI=1S/C27H26Br2N2O10/c1-41-15-9-13(21(28)22(29)23(15)36)18-10-2-3-11-19(26(39)30(24(11)37)6-4-16(32)33)12(10)8-14-20(18)27(40)31(25(14)38)7-5-17(34)35/h2,9,11-12,14,18-20,36H,3-8H2,1H3,(H,32,33)(H,34,35)/t11-,12+,14+,18+,19-,20+/m0/s1. The molecule has 12 nitrogen and oxygen atoms in total. The molecular formula is C27H26Br2N2O10. The minimum absolute atomic E-state index is 0.0993. The van der Waals surface area contributed by atoms with E-state index in [4.69, 9.17) is 9.84 Å². The number of hydrogen-bond acceptors (Lipinski definition) is 8. The molecule has 4 amide bonds. The lowest BCUT2D eigenvalue weighted by molar-refractivity contribution is -0.145.